The number of hydrogen-bond donors (Lipinski definition) is 3. The van der Waals surface area contributed by atoms with Crippen molar-refractivity contribution in [2.24, 2.45) is 0 Å². The van der Waals surface area contributed by atoms with Crippen molar-refractivity contribution in [2.45, 2.75) is 18.5 Å². The monoisotopic (exact) mass is 324 g/mol. The molecular formula is C19H17ClN2O. The van der Waals surface area contributed by atoms with E-state index in [1.54, 1.807) is 0 Å². The number of hydrazine groups is 1. The molecule has 3 N–H and O–H groups in total. The maximum absolute atomic E-state index is 10.6. The zero-order chi connectivity index (χ0) is 15.8. The van der Waals surface area contributed by atoms with Crippen LogP contribution in [-0.4, -0.2) is 5.11 Å². The minimum absolute atomic E-state index is 0.0697. The first kappa shape index (κ1) is 14.5. The summed E-state index contributed by atoms with van der Waals surface area (Å²) in [6.45, 7) is 0. The van der Waals surface area contributed by atoms with Crippen LogP contribution in [-0.2, 0) is 0 Å². The van der Waals surface area contributed by atoms with Gasteiger partial charge in [-0.2, -0.15) is 0 Å². The van der Waals surface area contributed by atoms with Gasteiger partial charge >= 0.3 is 0 Å². The second-order valence-electron chi connectivity index (χ2n) is 5.91. The molecule has 3 aromatic carbocycles. The summed E-state index contributed by atoms with van der Waals surface area (Å²) in [6, 6.07) is 20.1. The predicted octanol–water partition coefficient (Wildman–Crippen LogP) is 4.48. The molecule has 23 heavy (non-hydrogen) atoms. The number of benzene rings is 3. The lowest BCUT2D eigenvalue weighted by molar-refractivity contribution is 0.459. The van der Waals surface area contributed by atoms with Crippen molar-refractivity contribution in [1.29, 1.82) is 0 Å². The number of nitrogens with one attached hydrogen (secondary N) is 2. The third-order valence-electron chi connectivity index (χ3n) is 4.48. The normalized spacial score (nSPS) is 20.9. The first-order valence-corrected chi connectivity index (χ1v) is 8.07. The molecule has 2 unspecified atom stereocenters. The molecule has 1 fully saturated rings. The van der Waals surface area contributed by atoms with E-state index in [0.717, 1.165) is 27.8 Å². The van der Waals surface area contributed by atoms with E-state index in [9.17, 15) is 5.11 Å². The third kappa shape index (κ3) is 2.68. The van der Waals surface area contributed by atoms with Crippen molar-refractivity contribution in [1.82, 2.24) is 10.9 Å². The van der Waals surface area contributed by atoms with Gasteiger partial charge in [0.1, 0.15) is 5.75 Å². The summed E-state index contributed by atoms with van der Waals surface area (Å²) in [5, 5.41) is 13.3. The highest BCUT2D eigenvalue weighted by atomic mass is 35.5. The fraction of sp³-hybridized carbons (Fsp3) is 0.158. The van der Waals surface area contributed by atoms with E-state index in [0.29, 0.717) is 5.75 Å². The van der Waals surface area contributed by atoms with Gasteiger partial charge in [-0.1, -0.05) is 60.1 Å². The minimum Gasteiger partial charge on any atom is -0.507 e. The summed E-state index contributed by atoms with van der Waals surface area (Å²) in [6.07, 6.45) is 0.869. The van der Waals surface area contributed by atoms with Crippen molar-refractivity contribution in [2.75, 3.05) is 0 Å². The Balaban J connectivity index is 1.62. The first-order chi connectivity index (χ1) is 11.2. The molecule has 0 radical (unpaired) electrons. The molecule has 0 amide bonds. The Morgan fingerprint density at radius 1 is 0.870 bits per heavy atom. The zero-order valence-electron chi connectivity index (χ0n) is 12.5. The highest BCUT2D eigenvalue weighted by molar-refractivity contribution is 6.30. The first-order valence-electron chi connectivity index (χ1n) is 7.69. The van der Waals surface area contributed by atoms with E-state index in [1.807, 2.05) is 54.6 Å². The molecule has 0 aliphatic carbocycles. The van der Waals surface area contributed by atoms with Crippen LogP contribution in [0.15, 0.2) is 60.7 Å². The Morgan fingerprint density at radius 2 is 1.61 bits per heavy atom. The molecule has 0 spiro atoms. The smallest absolute Gasteiger partial charge is 0.128 e. The quantitative estimate of drug-likeness (QED) is 0.651. The number of phenols is 1. The Hall–Kier alpha value is -2.07. The number of aromatic hydroxyl groups is 1. The molecule has 4 heteroatoms. The van der Waals surface area contributed by atoms with E-state index in [-0.39, 0.29) is 12.1 Å². The van der Waals surface area contributed by atoms with Gasteiger partial charge in [-0.25, -0.2) is 10.9 Å². The average molecular weight is 325 g/mol. The van der Waals surface area contributed by atoms with Crippen LogP contribution in [0.3, 0.4) is 0 Å². The van der Waals surface area contributed by atoms with Gasteiger partial charge in [0.25, 0.3) is 0 Å². The van der Waals surface area contributed by atoms with Gasteiger partial charge in [0.05, 0.1) is 6.04 Å². The van der Waals surface area contributed by atoms with Crippen molar-refractivity contribution in [3.8, 4) is 5.75 Å². The Kier molecular flexibility index (Phi) is 3.69. The Bertz CT molecular complexity index is 848. The van der Waals surface area contributed by atoms with E-state index in [4.69, 9.17) is 11.6 Å². The van der Waals surface area contributed by atoms with Gasteiger partial charge in [0.2, 0.25) is 0 Å². The molecule has 2 atom stereocenters. The molecule has 3 aromatic rings. The Labute approximate surface area is 139 Å². The minimum atomic E-state index is 0.0697. The maximum atomic E-state index is 10.6. The van der Waals surface area contributed by atoms with Crippen LogP contribution in [0.2, 0.25) is 5.02 Å². The summed E-state index contributed by atoms with van der Waals surface area (Å²) in [5.74, 6) is 0.360. The number of rotatable bonds is 2. The van der Waals surface area contributed by atoms with Crippen LogP contribution >= 0.6 is 11.6 Å². The van der Waals surface area contributed by atoms with E-state index in [2.05, 4.69) is 16.9 Å². The standard InChI is InChI=1S/C19H17ClN2O/c20-14-8-5-13(6-9-14)17-11-18(22-21-17)16-10-7-12-3-1-2-4-15(12)19(16)23/h1-10,17-18,21-23H,11H2. The van der Waals surface area contributed by atoms with Crippen LogP contribution in [0.4, 0.5) is 0 Å². The van der Waals surface area contributed by atoms with Gasteiger partial charge in [-0.3, -0.25) is 0 Å². The van der Waals surface area contributed by atoms with Crippen LogP contribution in [0.1, 0.15) is 29.6 Å². The molecule has 0 bridgehead atoms. The summed E-state index contributed by atoms with van der Waals surface area (Å²) >= 11 is 5.95. The molecule has 1 saturated heterocycles. The fourth-order valence-electron chi connectivity index (χ4n) is 3.23. The molecule has 1 aliphatic rings. The largest absolute Gasteiger partial charge is 0.507 e. The SMILES string of the molecule is Oc1c(C2CC(c3ccc(Cl)cc3)NN2)ccc2ccccc12. The van der Waals surface area contributed by atoms with E-state index >= 15 is 0 Å². The molecule has 4 rings (SSSR count). The molecular weight excluding hydrogens is 308 g/mol. The summed E-state index contributed by atoms with van der Waals surface area (Å²) in [4.78, 5) is 0. The number of halogens is 1. The van der Waals surface area contributed by atoms with Crippen molar-refractivity contribution in [3.63, 3.8) is 0 Å². The lowest BCUT2D eigenvalue weighted by Crippen LogP contribution is -2.26. The number of hydrogen-bond acceptors (Lipinski definition) is 3. The molecule has 1 heterocycles. The summed E-state index contributed by atoms with van der Waals surface area (Å²) in [5.41, 5.74) is 8.72. The Morgan fingerprint density at radius 3 is 2.43 bits per heavy atom. The number of phenolic OH excluding ortho intramolecular Hbond substituents is 1. The van der Waals surface area contributed by atoms with Gasteiger partial charge in [-0.15, -0.1) is 0 Å². The topological polar surface area (TPSA) is 44.3 Å². The zero-order valence-corrected chi connectivity index (χ0v) is 13.2. The third-order valence-corrected chi connectivity index (χ3v) is 4.73. The molecule has 0 saturated carbocycles. The maximum Gasteiger partial charge on any atom is 0.128 e. The van der Waals surface area contributed by atoms with Crippen LogP contribution < -0.4 is 10.9 Å². The second-order valence-corrected chi connectivity index (χ2v) is 6.34. The van der Waals surface area contributed by atoms with Crippen molar-refractivity contribution < 1.29 is 5.11 Å². The van der Waals surface area contributed by atoms with Crippen LogP contribution in [0.5, 0.6) is 5.75 Å². The average Bonchev–Trinajstić information content (AvgIpc) is 3.06. The van der Waals surface area contributed by atoms with Gasteiger partial charge in [0, 0.05) is 22.0 Å². The van der Waals surface area contributed by atoms with Crippen molar-refractivity contribution >= 4 is 22.4 Å². The molecule has 0 aromatic heterocycles. The van der Waals surface area contributed by atoms with Gasteiger partial charge < -0.3 is 5.11 Å². The highest BCUT2D eigenvalue weighted by Crippen LogP contribution is 2.38. The van der Waals surface area contributed by atoms with Crippen LogP contribution in [0.25, 0.3) is 10.8 Å². The van der Waals surface area contributed by atoms with Gasteiger partial charge in [0.15, 0.2) is 0 Å². The fourth-order valence-corrected chi connectivity index (χ4v) is 3.35. The van der Waals surface area contributed by atoms with Gasteiger partial charge in [-0.05, 0) is 29.5 Å². The number of fused-ring (bicyclic) bond motifs is 1. The van der Waals surface area contributed by atoms with Crippen molar-refractivity contribution in [3.05, 3.63) is 76.8 Å². The predicted molar refractivity (Wildman–Crippen MR) is 93.4 cm³/mol. The van der Waals surface area contributed by atoms with Crippen LogP contribution in [0, 0.1) is 0 Å². The highest BCUT2D eigenvalue weighted by Gasteiger charge is 2.28. The van der Waals surface area contributed by atoms with E-state index in [1.165, 1.54) is 5.56 Å². The summed E-state index contributed by atoms with van der Waals surface area (Å²) < 4.78 is 0. The molecule has 3 nitrogen and oxygen atoms in total. The lowest BCUT2D eigenvalue weighted by atomic mass is 9.95. The lowest BCUT2D eigenvalue weighted by Gasteiger charge is -2.14. The van der Waals surface area contributed by atoms with E-state index < -0.39 is 0 Å². The molecule has 116 valence electrons. The second kappa shape index (κ2) is 5.85. The summed E-state index contributed by atoms with van der Waals surface area (Å²) in [7, 11) is 0. The molecule has 1 aliphatic heterocycles.